The van der Waals surface area contributed by atoms with Crippen LogP contribution in [0, 0.1) is 0 Å². The van der Waals surface area contributed by atoms with Gasteiger partial charge in [-0.15, -0.1) is 0 Å². The first-order valence-corrected chi connectivity index (χ1v) is 16.7. The van der Waals surface area contributed by atoms with Gasteiger partial charge in [-0.25, -0.2) is 0 Å². The Labute approximate surface area is 262 Å². The van der Waals surface area contributed by atoms with Crippen LogP contribution in [0.15, 0.2) is 36.4 Å². The zero-order chi connectivity index (χ0) is 32.6. The summed E-state index contributed by atoms with van der Waals surface area (Å²) < 4.78 is 44.5. The molecule has 0 saturated heterocycles. The molecule has 0 amide bonds. The molecule has 0 aliphatic heterocycles. The van der Waals surface area contributed by atoms with Crippen molar-refractivity contribution < 1.29 is 33.0 Å². The van der Waals surface area contributed by atoms with Gasteiger partial charge in [0.15, 0.2) is 0 Å². The Bertz CT molecular complexity index is 1090. The SMILES string of the molecule is CCCCCCCCCC(=O)Cc1cc(C(C)(c2ccc(O)c(CC(=O)CCCCCCCCC)c2)C(F)(F)F)ccc1O. The maximum Gasteiger partial charge on any atom is 0.402 e. The maximum absolute atomic E-state index is 14.8. The van der Waals surface area contributed by atoms with Crippen LogP contribution in [0.2, 0.25) is 0 Å². The van der Waals surface area contributed by atoms with Gasteiger partial charge in [0.05, 0.1) is 0 Å². The van der Waals surface area contributed by atoms with Crippen LogP contribution < -0.4 is 0 Å². The molecular formula is C37H53F3O4. The molecule has 0 saturated carbocycles. The number of aromatic hydroxyl groups is 2. The lowest BCUT2D eigenvalue weighted by Gasteiger charge is -2.34. The molecule has 0 aliphatic rings. The van der Waals surface area contributed by atoms with Crippen LogP contribution in [-0.4, -0.2) is 28.0 Å². The number of carbonyl (C=O) groups excluding carboxylic acids is 2. The molecule has 0 unspecified atom stereocenters. The second kappa shape index (κ2) is 18.9. The Hall–Kier alpha value is -2.83. The normalized spacial score (nSPS) is 12.0. The average molecular weight is 619 g/mol. The lowest BCUT2D eigenvalue weighted by atomic mass is 9.74. The number of carbonyl (C=O) groups is 2. The predicted molar refractivity (Wildman–Crippen MR) is 171 cm³/mol. The first-order valence-electron chi connectivity index (χ1n) is 16.7. The van der Waals surface area contributed by atoms with Gasteiger partial charge in [0.1, 0.15) is 28.5 Å². The van der Waals surface area contributed by atoms with E-state index in [1.165, 1.54) is 74.9 Å². The lowest BCUT2D eigenvalue weighted by molar-refractivity contribution is -0.173. The Morgan fingerprint density at radius 3 is 1.27 bits per heavy atom. The minimum atomic E-state index is -4.74. The molecule has 246 valence electrons. The van der Waals surface area contributed by atoms with Crippen molar-refractivity contribution in [3.05, 3.63) is 58.7 Å². The van der Waals surface area contributed by atoms with E-state index in [9.17, 15) is 33.0 Å². The lowest BCUT2D eigenvalue weighted by Crippen LogP contribution is -2.40. The summed E-state index contributed by atoms with van der Waals surface area (Å²) in [5.74, 6) is -0.667. The van der Waals surface area contributed by atoms with Crippen LogP contribution in [0.5, 0.6) is 11.5 Å². The molecule has 0 fully saturated rings. The third kappa shape index (κ3) is 11.6. The molecule has 0 spiro atoms. The standard InChI is InChI=1S/C37H53F3O4/c1-4-6-8-10-12-14-16-18-32(41)26-28-24-30(20-22-34(28)43)36(3,37(38,39)40)31-21-23-35(44)29(25-31)27-33(42)19-17-15-13-11-9-7-5-2/h20-25,43-44H,4-19,26-27H2,1-3H3. The Kier molecular flexibility index (Phi) is 16.0. The number of alkyl halides is 3. The number of rotatable bonds is 22. The van der Waals surface area contributed by atoms with Crippen LogP contribution in [-0.2, 0) is 27.8 Å². The first kappa shape index (κ1) is 37.4. The minimum Gasteiger partial charge on any atom is -0.508 e. The maximum atomic E-state index is 14.8. The van der Waals surface area contributed by atoms with Gasteiger partial charge in [-0.3, -0.25) is 9.59 Å². The quantitative estimate of drug-likeness (QED) is 0.129. The molecule has 2 N–H and O–H groups in total. The number of phenols is 2. The van der Waals surface area contributed by atoms with Crippen molar-refractivity contribution in [3.63, 3.8) is 0 Å². The number of benzene rings is 2. The molecule has 0 atom stereocenters. The Balaban J connectivity index is 2.16. The average Bonchev–Trinajstić information content (AvgIpc) is 2.97. The highest BCUT2D eigenvalue weighted by Crippen LogP contribution is 2.47. The van der Waals surface area contributed by atoms with E-state index in [1.807, 2.05) is 0 Å². The van der Waals surface area contributed by atoms with Gasteiger partial charge in [0.2, 0.25) is 0 Å². The molecule has 2 rings (SSSR count). The van der Waals surface area contributed by atoms with E-state index < -0.39 is 11.6 Å². The van der Waals surface area contributed by atoms with Crippen molar-refractivity contribution in [2.45, 2.75) is 148 Å². The molecule has 0 heterocycles. The van der Waals surface area contributed by atoms with Crippen LogP contribution in [0.4, 0.5) is 13.2 Å². The minimum absolute atomic E-state index is 0.118. The second-order valence-corrected chi connectivity index (χ2v) is 12.5. The second-order valence-electron chi connectivity index (χ2n) is 12.5. The van der Waals surface area contributed by atoms with Crippen molar-refractivity contribution >= 4 is 11.6 Å². The van der Waals surface area contributed by atoms with Gasteiger partial charge in [0, 0.05) is 36.8 Å². The van der Waals surface area contributed by atoms with Gasteiger partial charge in [0.25, 0.3) is 0 Å². The number of hydrogen-bond donors (Lipinski definition) is 2. The summed E-state index contributed by atoms with van der Waals surface area (Å²) in [5.41, 5.74) is -2.41. The van der Waals surface area contributed by atoms with Crippen LogP contribution >= 0.6 is 0 Å². The molecule has 4 nitrogen and oxygen atoms in total. The molecule has 7 heteroatoms. The summed E-state index contributed by atoms with van der Waals surface area (Å²) in [7, 11) is 0. The third-order valence-corrected chi connectivity index (χ3v) is 8.77. The van der Waals surface area contributed by atoms with E-state index in [2.05, 4.69) is 13.8 Å². The monoisotopic (exact) mass is 618 g/mol. The third-order valence-electron chi connectivity index (χ3n) is 8.77. The van der Waals surface area contributed by atoms with Crippen molar-refractivity contribution in [2.75, 3.05) is 0 Å². The summed E-state index contributed by atoms with van der Waals surface area (Å²) >= 11 is 0. The summed E-state index contributed by atoms with van der Waals surface area (Å²) in [6, 6.07) is 7.41. The number of halogens is 3. The van der Waals surface area contributed by atoms with E-state index in [0.717, 1.165) is 58.3 Å². The zero-order valence-electron chi connectivity index (χ0n) is 27.0. The molecule has 0 aromatic heterocycles. The van der Waals surface area contributed by atoms with Crippen molar-refractivity contribution in [1.29, 1.82) is 0 Å². The number of unbranched alkanes of at least 4 members (excludes halogenated alkanes) is 12. The molecule has 0 radical (unpaired) electrons. The first-order chi connectivity index (χ1) is 20.9. The molecular weight excluding hydrogens is 565 g/mol. The summed E-state index contributed by atoms with van der Waals surface area (Å²) in [6.07, 6.45) is 10.4. The number of hydrogen-bond acceptors (Lipinski definition) is 4. The molecule has 44 heavy (non-hydrogen) atoms. The van der Waals surface area contributed by atoms with Crippen molar-refractivity contribution in [2.24, 2.45) is 0 Å². The number of Topliss-reactive ketones (excluding diaryl/α,β-unsaturated/α-hetero) is 2. The van der Waals surface area contributed by atoms with Gasteiger partial charge >= 0.3 is 6.18 Å². The predicted octanol–water partition coefficient (Wildman–Crippen LogP) is 10.5. The number of ketones is 2. The number of phenolic OH excluding ortho intramolecular Hbond substituents is 2. The van der Waals surface area contributed by atoms with Crippen LogP contribution in [0.25, 0.3) is 0 Å². The summed E-state index contributed by atoms with van der Waals surface area (Å²) in [4.78, 5) is 25.3. The topological polar surface area (TPSA) is 74.6 Å². The van der Waals surface area contributed by atoms with E-state index in [0.29, 0.717) is 12.8 Å². The van der Waals surface area contributed by atoms with E-state index in [1.54, 1.807) is 0 Å². The Morgan fingerprint density at radius 2 is 0.932 bits per heavy atom. The largest absolute Gasteiger partial charge is 0.508 e. The molecule has 2 aromatic rings. The van der Waals surface area contributed by atoms with Gasteiger partial charge in [-0.1, -0.05) is 115 Å². The summed E-state index contributed by atoms with van der Waals surface area (Å²) in [6.45, 7) is 5.37. The fourth-order valence-electron chi connectivity index (χ4n) is 5.73. The van der Waals surface area contributed by atoms with Gasteiger partial charge in [-0.05, 0) is 43.0 Å². The fraction of sp³-hybridized carbons (Fsp3) is 0.622. The van der Waals surface area contributed by atoms with Crippen molar-refractivity contribution in [1.82, 2.24) is 0 Å². The van der Waals surface area contributed by atoms with Gasteiger partial charge in [-0.2, -0.15) is 13.2 Å². The summed E-state index contributed by atoms with van der Waals surface area (Å²) in [5, 5.41) is 20.9. The zero-order valence-corrected chi connectivity index (χ0v) is 27.0. The molecule has 0 bridgehead atoms. The highest BCUT2D eigenvalue weighted by Gasteiger charge is 2.53. The Morgan fingerprint density at radius 1 is 0.591 bits per heavy atom. The molecule has 2 aromatic carbocycles. The fourth-order valence-corrected chi connectivity index (χ4v) is 5.73. The van der Waals surface area contributed by atoms with E-state index >= 15 is 0 Å². The van der Waals surface area contributed by atoms with E-state index in [-0.39, 0.29) is 58.2 Å². The van der Waals surface area contributed by atoms with Crippen molar-refractivity contribution in [3.8, 4) is 11.5 Å². The highest BCUT2D eigenvalue weighted by molar-refractivity contribution is 5.82. The van der Waals surface area contributed by atoms with Crippen LogP contribution in [0.1, 0.15) is 146 Å². The van der Waals surface area contributed by atoms with Crippen LogP contribution in [0.3, 0.4) is 0 Å². The highest BCUT2D eigenvalue weighted by atomic mass is 19.4. The van der Waals surface area contributed by atoms with E-state index in [4.69, 9.17) is 0 Å². The smallest absolute Gasteiger partial charge is 0.402 e. The van der Waals surface area contributed by atoms with Gasteiger partial charge < -0.3 is 10.2 Å². The molecule has 0 aliphatic carbocycles.